The maximum Gasteiger partial charge on any atom is 3.00 e. The van der Waals surface area contributed by atoms with Crippen molar-refractivity contribution in [2.24, 2.45) is 0 Å². The summed E-state index contributed by atoms with van der Waals surface area (Å²) in [6.45, 7) is 7.92. The number of alkyl halides is 4. The Morgan fingerprint density at radius 2 is 0.852 bits per heavy atom. The van der Waals surface area contributed by atoms with Crippen molar-refractivity contribution in [1.82, 2.24) is 0 Å². The van der Waals surface area contributed by atoms with Gasteiger partial charge >= 0.3 is 17.4 Å². The topological polar surface area (TPSA) is 139 Å². The number of hydrogen-bond donors (Lipinski definition) is 0. The zero-order valence-corrected chi connectivity index (χ0v) is 39.8. The van der Waals surface area contributed by atoms with E-state index in [9.17, 15) is 29.7 Å². The Labute approximate surface area is 393 Å². The molecule has 4 rings (SSSR count). The third kappa shape index (κ3) is 23.0. The molecule has 2 aliphatic rings. The number of carboxylic acid groups (broad SMARTS) is 3. The van der Waals surface area contributed by atoms with E-state index in [4.69, 9.17) is 55.9 Å². The van der Waals surface area contributed by atoms with Crippen LogP contribution >= 0.6 is 46.4 Å². The molecule has 0 saturated heterocycles. The molecule has 8 nitrogen and oxygen atoms in total. The van der Waals surface area contributed by atoms with Crippen LogP contribution in [0, 0.1) is 0 Å². The van der Waals surface area contributed by atoms with Gasteiger partial charge in [0.15, 0.2) is 0 Å². The molecule has 13 heteroatoms. The monoisotopic (exact) mass is 928 g/mol. The summed E-state index contributed by atoms with van der Waals surface area (Å²) in [4.78, 5) is 31.9. The number of carbonyl (C=O) groups is 3. The molecular weight excluding hydrogens is 873 g/mol. The number of benzene rings is 2. The van der Waals surface area contributed by atoms with E-state index in [1.165, 1.54) is 27.7 Å². The van der Waals surface area contributed by atoms with Gasteiger partial charge in [0, 0.05) is 17.8 Å². The van der Waals surface area contributed by atoms with Crippen LogP contribution in [-0.2, 0) is 14.4 Å². The molecule has 0 radical (unpaired) electrons. The SMILES string of the molecule is CC(C)(Oc1ccc(C2CC2(Cl)Cl)cc1)C(=O)[O-].CC(C)(Oc1ccc(C2CC2(Cl)Cl)cc1)C(=O)[O-].CC/C=C/C/C=C/C/C=C/C/C=C/C/C=C/C/C=C/CCC(=O)[O-].[Al+3]. The van der Waals surface area contributed by atoms with Crippen LogP contribution < -0.4 is 24.8 Å². The van der Waals surface area contributed by atoms with Crippen LogP contribution in [0.15, 0.2) is 121 Å². The molecule has 0 aliphatic heterocycles. The molecule has 2 atom stereocenters. The van der Waals surface area contributed by atoms with Crippen molar-refractivity contribution in [2.45, 2.75) is 131 Å². The van der Waals surface area contributed by atoms with E-state index >= 15 is 0 Å². The number of hydrogen-bond acceptors (Lipinski definition) is 8. The third-order valence-electron chi connectivity index (χ3n) is 9.06. The van der Waals surface area contributed by atoms with Crippen molar-refractivity contribution in [3.63, 3.8) is 0 Å². The zero-order chi connectivity index (χ0) is 44.8. The van der Waals surface area contributed by atoms with Gasteiger partial charge in [0.2, 0.25) is 0 Å². The Bertz CT molecular complexity index is 1740. The summed E-state index contributed by atoms with van der Waals surface area (Å²) >= 11 is 23.9. The van der Waals surface area contributed by atoms with Gasteiger partial charge in [-0.15, -0.1) is 46.4 Å². The Morgan fingerprint density at radius 3 is 1.10 bits per heavy atom. The van der Waals surface area contributed by atoms with Gasteiger partial charge in [-0.3, -0.25) is 0 Å². The summed E-state index contributed by atoms with van der Waals surface area (Å²) in [6, 6.07) is 14.2. The molecule has 328 valence electrons. The van der Waals surface area contributed by atoms with E-state index in [1.807, 2.05) is 36.4 Å². The fraction of sp³-hybridized carbons (Fsp3) is 0.438. The average molecular weight is 931 g/mol. The quantitative estimate of drug-likeness (QED) is 0.0647. The zero-order valence-electron chi connectivity index (χ0n) is 35.6. The number of rotatable bonds is 22. The minimum atomic E-state index is -1.36. The van der Waals surface area contributed by atoms with E-state index in [0.29, 0.717) is 17.9 Å². The Morgan fingerprint density at radius 1 is 0.574 bits per heavy atom. The molecule has 0 spiro atoms. The molecule has 2 fully saturated rings. The van der Waals surface area contributed by atoms with Gasteiger partial charge in [-0.2, -0.15) is 0 Å². The predicted octanol–water partition coefficient (Wildman–Crippen LogP) is 9.34. The van der Waals surface area contributed by atoms with Crippen molar-refractivity contribution >= 4 is 81.7 Å². The predicted molar refractivity (Wildman–Crippen MR) is 244 cm³/mol. The first kappa shape index (κ1) is 55.6. The number of ether oxygens (including phenoxy) is 2. The average Bonchev–Trinajstić information content (AvgIpc) is 4.04. The molecule has 0 aromatic heterocycles. The van der Waals surface area contributed by atoms with Gasteiger partial charge in [0.1, 0.15) is 31.4 Å². The van der Waals surface area contributed by atoms with E-state index in [2.05, 4.69) is 67.7 Å². The van der Waals surface area contributed by atoms with Crippen molar-refractivity contribution in [3.05, 3.63) is 133 Å². The van der Waals surface area contributed by atoms with Crippen molar-refractivity contribution in [2.75, 3.05) is 0 Å². The number of aliphatic carboxylic acids is 3. The molecule has 2 aromatic rings. The van der Waals surface area contributed by atoms with Gasteiger partial charge in [0.05, 0.1) is 11.9 Å². The fourth-order valence-electron chi connectivity index (χ4n) is 5.20. The van der Waals surface area contributed by atoms with Crippen LogP contribution in [0.2, 0.25) is 0 Å². The fourth-order valence-corrected chi connectivity index (χ4v) is 6.32. The van der Waals surface area contributed by atoms with E-state index < -0.39 is 37.8 Å². The van der Waals surface area contributed by atoms with Gasteiger partial charge in [0.25, 0.3) is 0 Å². The largest absolute Gasteiger partial charge is 3.00 e. The minimum absolute atomic E-state index is 0. The van der Waals surface area contributed by atoms with Crippen molar-refractivity contribution < 1.29 is 39.2 Å². The summed E-state index contributed by atoms with van der Waals surface area (Å²) in [5.74, 6) is -2.27. The molecule has 2 aliphatic carbocycles. The van der Waals surface area contributed by atoms with E-state index in [0.717, 1.165) is 62.5 Å². The van der Waals surface area contributed by atoms with Crippen LogP contribution in [0.4, 0.5) is 0 Å². The summed E-state index contributed by atoms with van der Waals surface area (Å²) < 4.78 is 9.36. The molecule has 0 heterocycles. The van der Waals surface area contributed by atoms with Gasteiger partial charge < -0.3 is 39.2 Å². The number of halogens is 4. The van der Waals surface area contributed by atoms with Crippen molar-refractivity contribution in [1.29, 1.82) is 0 Å². The Balaban J connectivity index is 0.000000459. The molecular formula is C48H57AlCl4O8. The Hall–Kier alpha value is -3.42. The van der Waals surface area contributed by atoms with Crippen molar-refractivity contribution in [3.8, 4) is 11.5 Å². The molecule has 2 aromatic carbocycles. The first-order valence-corrected chi connectivity index (χ1v) is 21.6. The standard InChI is InChI=1S/C22H32O2.2C13H14Cl2O3.Al/c1-2-3-4-5-6-7-8-9-10-11-12-13-14-15-16-17-18-19-20-21-22(23)24;2*1-12(2,11(16)17)18-9-5-3-8(4-6-9)10-7-13(10,14)15;/h3-4,6-7,9-10,12-13,15-16,18-19H,2,5,8,11,14,17,20-21H2,1H3,(H,23,24);2*3-6,10H,7H2,1-2H3,(H,16,17);/q;;;+3/p-3/b4-3+,7-6+,10-9+,13-12+,16-15+,19-18+;;;. The van der Waals surface area contributed by atoms with Crippen LogP contribution in [-0.4, -0.2) is 55.1 Å². The number of carboxylic acids is 3. The maximum absolute atomic E-state index is 10.8. The summed E-state index contributed by atoms with van der Waals surface area (Å²) in [5.41, 5.74) is -0.662. The number of carbonyl (C=O) groups excluding carboxylic acids is 3. The summed E-state index contributed by atoms with van der Waals surface area (Å²) in [6.07, 6.45) is 33.6. The van der Waals surface area contributed by atoms with Gasteiger partial charge in [-0.25, -0.2) is 0 Å². The van der Waals surface area contributed by atoms with E-state index in [-0.39, 0.29) is 35.6 Å². The molecule has 61 heavy (non-hydrogen) atoms. The third-order valence-corrected chi connectivity index (χ3v) is 10.7. The second kappa shape index (κ2) is 27.6. The molecule has 0 amide bonds. The second-order valence-electron chi connectivity index (χ2n) is 15.3. The Kier molecular flexibility index (Phi) is 25.2. The van der Waals surface area contributed by atoms with Gasteiger partial charge in [-0.05, 0) is 127 Å². The maximum atomic E-state index is 10.8. The molecule has 2 saturated carbocycles. The number of allylic oxidation sites excluding steroid dienone is 12. The second-order valence-corrected chi connectivity index (χ2v) is 18.4. The summed E-state index contributed by atoms with van der Waals surface area (Å²) in [5, 5.41) is 31.9. The normalized spacial score (nSPS) is 17.8. The minimum Gasteiger partial charge on any atom is -0.550 e. The van der Waals surface area contributed by atoms with E-state index in [1.54, 1.807) is 24.3 Å². The first-order chi connectivity index (χ1) is 28.2. The first-order valence-electron chi connectivity index (χ1n) is 20.1. The van der Waals surface area contributed by atoms with Crippen LogP contribution in [0.25, 0.3) is 0 Å². The molecule has 2 unspecified atom stereocenters. The van der Waals surface area contributed by atoms with Crippen LogP contribution in [0.1, 0.15) is 122 Å². The van der Waals surface area contributed by atoms with Crippen LogP contribution in [0.3, 0.4) is 0 Å². The van der Waals surface area contributed by atoms with Gasteiger partial charge in [-0.1, -0.05) is 104 Å². The molecule has 0 bridgehead atoms. The summed E-state index contributed by atoms with van der Waals surface area (Å²) in [7, 11) is 0. The van der Waals surface area contributed by atoms with Crippen LogP contribution in [0.5, 0.6) is 11.5 Å². The molecule has 0 N–H and O–H groups in total. The smallest absolute Gasteiger partial charge is 0.550 e.